The number of hydrogen-bond acceptors (Lipinski definition) is 6. The molecule has 1 fully saturated rings. The summed E-state index contributed by atoms with van der Waals surface area (Å²) in [5.41, 5.74) is 2.04. The van der Waals surface area contributed by atoms with Crippen LogP contribution in [0.3, 0.4) is 0 Å². The first kappa shape index (κ1) is 18.5. The lowest BCUT2D eigenvalue weighted by Crippen LogP contribution is -2.36. The molecule has 0 spiro atoms. The number of nitrogens with one attached hydrogen (secondary N) is 1. The van der Waals surface area contributed by atoms with E-state index in [2.05, 4.69) is 21.3 Å². The van der Waals surface area contributed by atoms with E-state index in [4.69, 9.17) is 21.6 Å². The molecule has 26 heavy (non-hydrogen) atoms. The summed E-state index contributed by atoms with van der Waals surface area (Å²) in [5, 5.41) is 13.0. The van der Waals surface area contributed by atoms with Crippen LogP contribution in [0.5, 0.6) is 0 Å². The third-order valence-corrected chi connectivity index (χ3v) is 5.12. The third-order valence-electron chi connectivity index (χ3n) is 3.81. The number of carbonyl (C=O) groups is 1. The summed E-state index contributed by atoms with van der Waals surface area (Å²) in [5.74, 6) is -0.0196. The van der Waals surface area contributed by atoms with Gasteiger partial charge in [-0.2, -0.15) is 5.26 Å². The van der Waals surface area contributed by atoms with Gasteiger partial charge >= 0.3 is 0 Å². The molecular weight excluding hydrogens is 372 g/mol. The fraction of sp³-hybridized carbons (Fsp3) is 0.278. The van der Waals surface area contributed by atoms with Crippen molar-refractivity contribution in [1.82, 2.24) is 4.98 Å². The van der Waals surface area contributed by atoms with Crippen molar-refractivity contribution in [3.05, 3.63) is 47.1 Å². The molecule has 1 aromatic carbocycles. The number of nitriles is 1. The number of hydrogen-bond donors (Lipinski definition) is 1. The van der Waals surface area contributed by atoms with E-state index in [1.807, 2.05) is 12.1 Å². The molecule has 134 valence electrons. The lowest BCUT2D eigenvalue weighted by Gasteiger charge is -2.29. The van der Waals surface area contributed by atoms with Crippen molar-refractivity contribution < 1.29 is 9.53 Å². The highest BCUT2D eigenvalue weighted by molar-refractivity contribution is 8.00. The summed E-state index contributed by atoms with van der Waals surface area (Å²) in [6, 6.07) is 10.9. The zero-order chi connectivity index (χ0) is 18.4. The van der Waals surface area contributed by atoms with Crippen molar-refractivity contribution in [1.29, 1.82) is 5.26 Å². The van der Waals surface area contributed by atoms with E-state index in [9.17, 15) is 4.79 Å². The lowest BCUT2D eigenvalue weighted by molar-refractivity contribution is -0.113. The minimum Gasteiger partial charge on any atom is -0.378 e. The topological polar surface area (TPSA) is 78.2 Å². The van der Waals surface area contributed by atoms with Crippen LogP contribution in [-0.2, 0) is 9.53 Å². The maximum absolute atomic E-state index is 12.2. The molecule has 0 unspecified atom stereocenters. The van der Waals surface area contributed by atoms with Crippen LogP contribution in [-0.4, -0.2) is 42.9 Å². The number of morpholine rings is 1. The minimum absolute atomic E-state index is 0.161. The van der Waals surface area contributed by atoms with E-state index >= 15 is 0 Å². The normalized spacial score (nSPS) is 13.9. The van der Waals surface area contributed by atoms with E-state index in [0.717, 1.165) is 18.8 Å². The molecule has 1 aliphatic rings. The molecule has 1 saturated heterocycles. The van der Waals surface area contributed by atoms with E-state index in [-0.39, 0.29) is 11.7 Å². The monoisotopic (exact) mass is 388 g/mol. The molecule has 3 rings (SSSR count). The standard InChI is InChI=1S/C18H17ClN4O2S/c19-15-10-14(3-4-16(15)23-6-8-25-9-7-23)22-17(24)12-26-18-13(11-20)2-1-5-21-18/h1-5,10H,6-9,12H2,(H,22,24). The van der Waals surface area contributed by atoms with Crippen LogP contribution >= 0.6 is 23.4 Å². The molecule has 1 aromatic heterocycles. The van der Waals surface area contributed by atoms with Crippen LogP contribution in [0.25, 0.3) is 0 Å². The molecule has 1 amide bonds. The van der Waals surface area contributed by atoms with E-state index in [1.54, 1.807) is 24.4 Å². The second-order valence-corrected chi connectivity index (χ2v) is 6.94. The summed E-state index contributed by atoms with van der Waals surface area (Å²) in [7, 11) is 0. The number of pyridine rings is 1. The van der Waals surface area contributed by atoms with Crippen LogP contribution in [0.1, 0.15) is 5.56 Å². The third kappa shape index (κ3) is 4.67. The number of amides is 1. The SMILES string of the molecule is N#Cc1cccnc1SCC(=O)Nc1ccc(N2CCOCC2)c(Cl)c1. The number of benzene rings is 1. The number of thioether (sulfide) groups is 1. The molecule has 2 heterocycles. The van der Waals surface area contributed by atoms with Crippen LogP contribution in [0.4, 0.5) is 11.4 Å². The van der Waals surface area contributed by atoms with Gasteiger partial charge in [-0.25, -0.2) is 4.98 Å². The number of nitrogens with zero attached hydrogens (tertiary/aromatic N) is 3. The van der Waals surface area contributed by atoms with E-state index in [0.29, 0.717) is 34.5 Å². The number of ether oxygens (including phenoxy) is 1. The average molecular weight is 389 g/mol. The van der Waals surface area contributed by atoms with Gasteiger partial charge < -0.3 is 15.0 Å². The van der Waals surface area contributed by atoms with Gasteiger partial charge in [-0.05, 0) is 30.3 Å². The van der Waals surface area contributed by atoms with Crippen LogP contribution in [0.2, 0.25) is 5.02 Å². The van der Waals surface area contributed by atoms with Crippen LogP contribution in [0, 0.1) is 11.3 Å². The summed E-state index contributed by atoms with van der Waals surface area (Å²) in [4.78, 5) is 18.5. The first-order valence-corrected chi connectivity index (χ1v) is 9.44. The largest absolute Gasteiger partial charge is 0.378 e. The Labute approximate surface area is 161 Å². The predicted molar refractivity (Wildman–Crippen MR) is 103 cm³/mol. The zero-order valence-electron chi connectivity index (χ0n) is 13.9. The fourth-order valence-electron chi connectivity index (χ4n) is 2.57. The minimum atomic E-state index is -0.181. The van der Waals surface area contributed by atoms with Crippen molar-refractivity contribution in [2.75, 3.05) is 42.3 Å². The first-order valence-electron chi connectivity index (χ1n) is 8.07. The number of aromatic nitrogens is 1. The van der Waals surface area contributed by atoms with Gasteiger partial charge in [-0.3, -0.25) is 4.79 Å². The Morgan fingerprint density at radius 1 is 1.38 bits per heavy atom. The second kappa shape index (κ2) is 8.90. The van der Waals surface area contributed by atoms with Crippen molar-refractivity contribution >= 4 is 40.6 Å². The summed E-state index contributed by atoms with van der Waals surface area (Å²) in [6.07, 6.45) is 1.60. The Hall–Kier alpha value is -2.27. The maximum Gasteiger partial charge on any atom is 0.234 e. The quantitative estimate of drug-likeness (QED) is 0.792. The van der Waals surface area contributed by atoms with Gasteiger partial charge in [0.1, 0.15) is 11.1 Å². The molecule has 0 aliphatic carbocycles. The second-order valence-electron chi connectivity index (χ2n) is 5.57. The van der Waals surface area contributed by atoms with Crippen molar-refractivity contribution in [2.24, 2.45) is 0 Å². The molecule has 1 aliphatic heterocycles. The highest BCUT2D eigenvalue weighted by atomic mass is 35.5. The summed E-state index contributed by atoms with van der Waals surface area (Å²) in [6.45, 7) is 2.97. The molecule has 8 heteroatoms. The number of carbonyl (C=O) groups excluding carboxylic acids is 1. The van der Waals surface area contributed by atoms with E-state index < -0.39 is 0 Å². The molecule has 1 N–H and O–H groups in total. The number of anilines is 2. The Balaban J connectivity index is 1.59. The van der Waals surface area contributed by atoms with Gasteiger partial charge in [0.15, 0.2) is 0 Å². The Bertz CT molecular complexity index is 834. The Morgan fingerprint density at radius 2 is 2.19 bits per heavy atom. The average Bonchev–Trinajstić information content (AvgIpc) is 2.67. The molecule has 2 aromatic rings. The van der Waals surface area contributed by atoms with E-state index in [1.165, 1.54) is 11.8 Å². The van der Waals surface area contributed by atoms with Gasteiger partial charge in [0.05, 0.1) is 35.2 Å². The number of rotatable bonds is 5. The number of halogens is 1. The van der Waals surface area contributed by atoms with Crippen LogP contribution < -0.4 is 10.2 Å². The van der Waals surface area contributed by atoms with Crippen molar-refractivity contribution in [3.63, 3.8) is 0 Å². The molecule has 0 bridgehead atoms. The Morgan fingerprint density at radius 3 is 2.92 bits per heavy atom. The fourth-order valence-corrected chi connectivity index (χ4v) is 3.61. The van der Waals surface area contributed by atoms with Crippen LogP contribution in [0.15, 0.2) is 41.6 Å². The highest BCUT2D eigenvalue weighted by Crippen LogP contribution is 2.29. The zero-order valence-corrected chi connectivity index (χ0v) is 15.5. The van der Waals surface area contributed by atoms with Gasteiger partial charge in [0, 0.05) is 25.0 Å². The van der Waals surface area contributed by atoms with Crippen molar-refractivity contribution in [2.45, 2.75) is 5.03 Å². The van der Waals surface area contributed by atoms with Gasteiger partial charge in [0.25, 0.3) is 0 Å². The maximum atomic E-state index is 12.2. The molecular formula is C18H17ClN4O2S. The van der Waals surface area contributed by atoms with Crippen molar-refractivity contribution in [3.8, 4) is 6.07 Å². The first-order chi connectivity index (χ1) is 12.7. The van der Waals surface area contributed by atoms with Gasteiger partial charge in [0.2, 0.25) is 5.91 Å². The molecule has 0 atom stereocenters. The molecule has 0 saturated carbocycles. The predicted octanol–water partition coefficient (Wildman–Crippen LogP) is 3.17. The van der Waals surface area contributed by atoms with Gasteiger partial charge in [-0.1, -0.05) is 23.4 Å². The summed E-state index contributed by atoms with van der Waals surface area (Å²) < 4.78 is 5.35. The Kier molecular flexibility index (Phi) is 6.34. The highest BCUT2D eigenvalue weighted by Gasteiger charge is 2.15. The lowest BCUT2D eigenvalue weighted by atomic mass is 10.2. The molecule has 0 radical (unpaired) electrons. The smallest absolute Gasteiger partial charge is 0.234 e. The van der Waals surface area contributed by atoms with Gasteiger partial charge in [-0.15, -0.1) is 0 Å². The summed E-state index contributed by atoms with van der Waals surface area (Å²) >= 11 is 7.60. The molecule has 6 nitrogen and oxygen atoms in total.